The van der Waals surface area contributed by atoms with Crippen molar-refractivity contribution in [2.24, 2.45) is 5.92 Å². The summed E-state index contributed by atoms with van der Waals surface area (Å²) < 4.78 is 26.7. The minimum Gasteiger partial charge on any atom is -0.338 e. The van der Waals surface area contributed by atoms with E-state index in [1.165, 1.54) is 12.1 Å². The summed E-state index contributed by atoms with van der Waals surface area (Å²) in [5.74, 6) is -1.04. The predicted molar refractivity (Wildman–Crippen MR) is 93.6 cm³/mol. The molecule has 1 amide bonds. The Labute approximate surface area is 149 Å². The molecule has 132 valence electrons. The monoisotopic (exact) mass is 353 g/mol. The molecule has 1 atom stereocenters. The lowest BCUT2D eigenvalue weighted by atomic mass is 9.98. The maximum absolute atomic E-state index is 13.4. The first kappa shape index (κ1) is 16.6. The minimum absolute atomic E-state index is 0.0796. The van der Waals surface area contributed by atoms with Gasteiger partial charge < -0.3 is 4.90 Å². The van der Waals surface area contributed by atoms with Crippen LogP contribution in [0.5, 0.6) is 0 Å². The summed E-state index contributed by atoms with van der Waals surface area (Å²) in [6, 6.07) is 8.96. The molecule has 26 heavy (non-hydrogen) atoms. The topological polar surface area (TPSA) is 46.1 Å². The molecule has 1 aliphatic rings. The van der Waals surface area contributed by atoms with E-state index in [2.05, 4.69) is 9.97 Å². The van der Waals surface area contributed by atoms with Crippen molar-refractivity contribution in [1.82, 2.24) is 14.9 Å². The molecule has 2 heterocycles. The first-order valence-electron chi connectivity index (χ1n) is 8.54. The first-order chi connectivity index (χ1) is 12.6. The standard InChI is InChI=1S/C20H17F2N3O/c21-15-9-14(10-16(22)11-15)8-13-4-7-25(12-13)20(26)17-2-1-3-18-19(17)24-6-5-23-18/h1-3,5-6,9-11,13H,4,7-8,12H2. The van der Waals surface area contributed by atoms with Gasteiger partial charge in [-0.15, -0.1) is 0 Å². The molecule has 1 aromatic heterocycles. The number of halogens is 2. The number of hydrogen-bond donors (Lipinski definition) is 0. The van der Waals surface area contributed by atoms with Gasteiger partial charge >= 0.3 is 0 Å². The van der Waals surface area contributed by atoms with Crippen LogP contribution in [0.25, 0.3) is 11.0 Å². The van der Waals surface area contributed by atoms with Gasteiger partial charge in [-0.25, -0.2) is 8.78 Å². The van der Waals surface area contributed by atoms with Gasteiger partial charge in [-0.1, -0.05) is 6.07 Å². The van der Waals surface area contributed by atoms with Crippen LogP contribution in [0.2, 0.25) is 0 Å². The molecule has 1 aliphatic heterocycles. The average molecular weight is 353 g/mol. The third-order valence-corrected chi connectivity index (χ3v) is 4.75. The third-order valence-electron chi connectivity index (χ3n) is 4.75. The predicted octanol–water partition coefficient (Wildman–Crippen LogP) is 3.61. The molecule has 3 aromatic rings. The molecular formula is C20H17F2N3O. The number of fused-ring (bicyclic) bond motifs is 1. The Bertz CT molecular complexity index is 951. The van der Waals surface area contributed by atoms with Crippen LogP contribution in [0.4, 0.5) is 8.78 Å². The van der Waals surface area contributed by atoms with Crippen molar-refractivity contribution in [2.75, 3.05) is 13.1 Å². The van der Waals surface area contributed by atoms with Gasteiger partial charge in [0.15, 0.2) is 0 Å². The lowest BCUT2D eigenvalue weighted by Crippen LogP contribution is -2.29. The molecule has 2 aromatic carbocycles. The van der Waals surface area contributed by atoms with Gasteiger partial charge in [-0.3, -0.25) is 14.8 Å². The number of nitrogens with zero attached hydrogens (tertiary/aromatic N) is 3. The fourth-order valence-corrected chi connectivity index (χ4v) is 3.58. The van der Waals surface area contributed by atoms with Gasteiger partial charge in [0, 0.05) is 31.5 Å². The van der Waals surface area contributed by atoms with Gasteiger partial charge in [0.2, 0.25) is 0 Å². The number of aromatic nitrogens is 2. The van der Waals surface area contributed by atoms with E-state index in [4.69, 9.17) is 0 Å². The van der Waals surface area contributed by atoms with E-state index >= 15 is 0 Å². The zero-order valence-electron chi connectivity index (χ0n) is 14.0. The molecule has 4 rings (SSSR count). The summed E-state index contributed by atoms with van der Waals surface area (Å²) in [7, 11) is 0. The maximum Gasteiger partial charge on any atom is 0.256 e. The molecule has 0 spiro atoms. The van der Waals surface area contributed by atoms with Gasteiger partial charge in [-0.05, 0) is 48.6 Å². The van der Waals surface area contributed by atoms with Crippen molar-refractivity contribution in [3.63, 3.8) is 0 Å². The lowest BCUT2D eigenvalue weighted by molar-refractivity contribution is 0.0789. The highest BCUT2D eigenvalue weighted by Crippen LogP contribution is 2.25. The van der Waals surface area contributed by atoms with Crippen LogP contribution < -0.4 is 0 Å². The van der Waals surface area contributed by atoms with Gasteiger partial charge in [-0.2, -0.15) is 0 Å². The highest BCUT2D eigenvalue weighted by molar-refractivity contribution is 6.04. The lowest BCUT2D eigenvalue weighted by Gasteiger charge is -2.17. The number of carbonyl (C=O) groups is 1. The highest BCUT2D eigenvalue weighted by Gasteiger charge is 2.28. The Kier molecular flexibility index (Phi) is 4.32. The van der Waals surface area contributed by atoms with E-state index in [9.17, 15) is 13.6 Å². The van der Waals surface area contributed by atoms with Crippen molar-refractivity contribution in [3.05, 3.63) is 71.6 Å². The fraction of sp³-hybridized carbons (Fsp3) is 0.250. The molecular weight excluding hydrogens is 336 g/mol. The van der Waals surface area contributed by atoms with Crippen LogP contribution in [0.1, 0.15) is 22.3 Å². The molecule has 4 nitrogen and oxygen atoms in total. The van der Waals surface area contributed by atoms with Crippen molar-refractivity contribution in [1.29, 1.82) is 0 Å². The van der Waals surface area contributed by atoms with Crippen molar-refractivity contribution in [3.8, 4) is 0 Å². The molecule has 0 N–H and O–H groups in total. The van der Waals surface area contributed by atoms with Crippen LogP contribution in [0.3, 0.4) is 0 Å². The summed E-state index contributed by atoms with van der Waals surface area (Å²) in [6.07, 6.45) is 4.53. The molecule has 0 aliphatic carbocycles. The van der Waals surface area contributed by atoms with Crippen LogP contribution >= 0.6 is 0 Å². The number of benzene rings is 2. The van der Waals surface area contributed by atoms with E-state index in [0.29, 0.717) is 41.7 Å². The van der Waals surface area contributed by atoms with E-state index in [1.54, 1.807) is 29.4 Å². The number of amides is 1. The van der Waals surface area contributed by atoms with E-state index < -0.39 is 11.6 Å². The van der Waals surface area contributed by atoms with Crippen LogP contribution in [0, 0.1) is 17.6 Å². The SMILES string of the molecule is O=C(c1cccc2nccnc12)N1CCC(Cc2cc(F)cc(F)c2)C1. The number of hydrogen-bond acceptors (Lipinski definition) is 3. The van der Waals surface area contributed by atoms with Crippen molar-refractivity contribution in [2.45, 2.75) is 12.8 Å². The van der Waals surface area contributed by atoms with E-state index in [1.807, 2.05) is 6.07 Å². The Morgan fingerprint density at radius 3 is 2.69 bits per heavy atom. The largest absolute Gasteiger partial charge is 0.338 e. The average Bonchev–Trinajstić information content (AvgIpc) is 3.08. The molecule has 1 fully saturated rings. The van der Waals surface area contributed by atoms with Crippen molar-refractivity contribution >= 4 is 16.9 Å². The van der Waals surface area contributed by atoms with Crippen LogP contribution in [-0.2, 0) is 6.42 Å². The third kappa shape index (κ3) is 3.27. The second-order valence-electron chi connectivity index (χ2n) is 6.62. The van der Waals surface area contributed by atoms with Gasteiger partial charge in [0.05, 0.1) is 11.1 Å². The second-order valence-corrected chi connectivity index (χ2v) is 6.62. The van der Waals surface area contributed by atoms with E-state index in [-0.39, 0.29) is 11.8 Å². The smallest absolute Gasteiger partial charge is 0.256 e. The van der Waals surface area contributed by atoms with Crippen molar-refractivity contribution < 1.29 is 13.6 Å². The molecule has 0 saturated carbocycles. The zero-order chi connectivity index (χ0) is 18.1. The first-order valence-corrected chi connectivity index (χ1v) is 8.54. The van der Waals surface area contributed by atoms with E-state index in [0.717, 1.165) is 12.5 Å². The summed E-state index contributed by atoms with van der Waals surface area (Å²) >= 11 is 0. The quantitative estimate of drug-likeness (QED) is 0.723. The Balaban J connectivity index is 1.50. The summed E-state index contributed by atoms with van der Waals surface area (Å²) in [4.78, 5) is 23.2. The maximum atomic E-state index is 13.4. The molecule has 6 heteroatoms. The minimum atomic E-state index is -0.569. The normalized spacial score (nSPS) is 17.0. The number of para-hydroxylation sites is 1. The van der Waals surface area contributed by atoms with Gasteiger partial charge in [0.1, 0.15) is 17.2 Å². The van der Waals surface area contributed by atoms with Gasteiger partial charge in [0.25, 0.3) is 5.91 Å². The zero-order valence-corrected chi connectivity index (χ0v) is 14.0. The molecule has 0 radical (unpaired) electrons. The van der Waals surface area contributed by atoms with Crippen LogP contribution in [0.15, 0.2) is 48.8 Å². The Morgan fingerprint density at radius 1 is 1.12 bits per heavy atom. The summed E-state index contributed by atoms with van der Waals surface area (Å²) in [5.41, 5.74) is 2.44. The fourth-order valence-electron chi connectivity index (χ4n) is 3.58. The Morgan fingerprint density at radius 2 is 1.88 bits per heavy atom. The molecule has 1 unspecified atom stereocenters. The number of rotatable bonds is 3. The second kappa shape index (κ2) is 6.78. The highest BCUT2D eigenvalue weighted by atomic mass is 19.1. The van der Waals surface area contributed by atoms with Crippen LogP contribution in [-0.4, -0.2) is 33.9 Å². The molecule has 0 bridgehead atoms. The number of likely N-dealkylation sites (tertiary alicyclic amines) is 1. The number of carbonyl (C=O) groups excluding carboxylic acids is 1. The summed E-state index contributed by atoms with van der Waals surface area (Å²) in [5, 5.41) is 0. The molecule has 1 saturated heterocycles. The Hall–Kier alpha value is -2.89. The summed E-state index contributed by atoms with van der Waals surface area (Å²) in [6.45, 7) is 1.19.